The molecule has 8 nitrogen and oxygen atoms in total. The number of rotatable bonds is 6. The average molecular weight is 431 g/mol. The van der Waals surface area contributed by atoms with Crippen molar-refractivity contribution in [2.24, 2.45) is 0 Å². The lowest BCUT2D eigenvalue weighted by molar-refractivity contribution is -0.127. The van der Waals surface area contributed by atoms with Gasteiger partial charge in [-0.25, -0.2) is 13.9 Å². The largest absolute Gasteiger partial charge is 0.381 e. The van der Waals surface area contributed by atoms with Crippen LogP contribution in [0.2, 0.25) is 0 Å². The lowest BCUT2D eigenvalue weighted by Gasteiger charge is -2.35. The number of amides is 1. The van der Waals surface area contributed by atoms with Gasteiger partial charge in [-0.15, -0.1) is 0 Å². The zero-order chi connectivity index (χ0) is 21.8. The molecule has 2 saturated heterocycles. The van der Waals surface area contributed by atoms with Gasteiger partial charge in [0.15, 0.2) is 5.82 Å². The number of piperidine rings is 1. The van der Waals surface area contributed by atoms with Crippen LogP contribution in [0.5, 0.6) is 0 Å². The van der Waals surface area contributed by atoms with Gasteiger partial charge in [0.25, 0.3) is 0 Å². The Morgan fingerprint density at radius 3 is 2.94 bits per heavy atom. The second-order valence-electron chi connectivity index (χ2n) is 8.56. The molecule has 2 atom stereocenters. The Kier molecular flexibility index (Phi) is 6.82. The van der Waals surface area contributed by atoms with E-state index in [1.54, 1.807) is 15.5 Å². The van der Waals surface area contributed by atoms with Crippen molar-refractivity contribution in [3.8, 4) is 0 Å². The van der Waals surface area contributed by atoms with Crippen LogP contribution in [0.15, 0.2) is 30.7 Å². The molecule has 2 aromatic heterocycles. The lowest BCUT2D eigenvalue weighted by Crippen LogP contribution is -2.50. The van der Waals surface area contributed by atoms with Gasteiger partial charge in [-0.3, -0.25) is 4.79 Å². The van der Waals surface area contributed by atoms with Crippen molar-refractivity contribution in [3.63, 3.8) is 0 Å². The van der Waals surface area contributed by atoms with Crippen LogP contribution >= 0.6 is 0 Å². The van der Waals surface area contributed by atoms with Gasteiger partial charge in [0.1, 0.15) is 18.0 Å². The summed E-state index contributed by atoms with van der Waals surface area (Å²) in [5.41, 5.74) is 2.05. The van der Waals surface area contributed by atoms with Gasteiger partial charge in [0.2, 0.25) is 5.91 Å². The van der Waals surface area contributed by atoms with Crippen molar-refractivity contribution < 1.29 is 13.9 Å². The minimum atomic E-state index is -1.05. The van der Waals surface area contributed by atoms with E-state index in [-0.39, 0.29) is 5.91 Å². The SMILES string of the molecule is CN(C)C/C=C/C(=O)N1CC[C@H](F)[C@@H](Nc2ncnn3ccc(C4CCOCC4)c23)C1. The van der Waals surface area contributed by atoms with Crippen molar-refractivity contribution in [1.29, 1.82) is 0 Å². The number of alkyl halides is 1. The molecule has 0 spiro atoms. The van der Waals surface area contributed by atoms with E-state index in [9.17, 15) is 9.18 Å². The maximum Gasteiger partial charge on any atom is 0.246 e. The fraction of sp³-hybridized carbons (Fsp3) is 0.591. The number of likely N-dealkylation sites (tertiary alicyclic amines) is 1. The third kappa shape index (κ3) is 5.04. The summed E-state index contributed by atoms with van der Waals surface area (Å²) in [6.07, 6.45) is 7.97. The standard InChI is InChI=1S/C22H31FN6O2/c1-27(2)9-3-4-20(30)28-10-6-18(23)19(14-28)26-22-21-17(16-7-12-31-13-8-16)5-11-29(21)25-15-24-22/h3-5,11,15-16,18-19H,6-10,12-14H2,1-2H3,(H,24,25,26)/b4-3+/t18-,19-/m0/s1. The molecule has 0 unspecified atom stereocenters. The van der Waals surface area contributed by atoms with Gasteiger partial charge in [-0.2, -0.15) is 5.10 Å². The van der Waals surface area contributed by atoms with Crippen LogP contribution in [-0.4, -0.2) is 89.5 Å². The van der Waals surface area contributed by atoms with E-state index in [0.717, 1.165) is 37.1 Å². The molecule has 0 bridgehead atoms. The van der Waals surface area contributed by atoms with Gasteiger partial charge in [0.05, 0.1) is 6.04 Å². The van der Waals surface area contributed by atoms with E-state index in [4.69, 9.17) is 4.74 Å². The second kappa shape index (κ2) is 9.74. The van der Waals surface area contributed by atoms with Crippen LogP contribution in [0.1, 0.15) is 30.7 Å². The predicted octanol–water partition coefficient (Wildman–Crippen LogP) is 2.09. The van der Waals surface area contributed by atoms with Crippen molar-refractivity contribution in [1.82, 2.24) is 24.4 Å². The Morgan fingerprint density at radius 2 is 2.16 bits per heavy atom. The molecule has 0 aliphatic carbocycles. The molecule has 0 aromatic carbocycles. The van der Waals surface area contributed by atoms with Crippen molar-refractivity contribution >= 4 is 17.2 Å². The van der Waals surface area contributed by atoms with Crippen molar-refractivity contribution in [2.75, 3.05) is 52.3 Å². The number of nitrogens with zero attached hydrogens (tertiary/aromatic N) is 5. The smallest absolute Gasteiger partial charge is 0.246 e. The zero-order valence-corrected chi connectivity index (χ0v) is 18.2. The van der Waals surface area contributed by atoms with E-state index < -0.39 is 12.2 Å². The first-order valence-electron chi connectivity index (χ1n) is 10.9. The lowest BCUT2D eigenvalue weighted by atomic mass is 9.92. The first kappa shape index (κ1) is 21.7. The van der Waals surface area contributed by atoms with Crippen LogP contribution in [0.4, 0.5) is 10.2 Å². The molecule has 4 rings (SSSR count). The molecule has 2 aliphatic rings. The number of fused-ring (bicyclic) bond motifs is 1. The van der Waals surface area contributed by atoms with E-state index >= 15 is 0 Å². The van der Waals surface area contributed by atoms with Crippen molar-refractivity contribution in [3.05, 3.63) is 36.3 Å². The summed E-state index contributed by atoms with van der Waals surface area (Å²) < 4.78 is 22.1. The number of nitrogens with one attached hydrogen (secondary N) is 1. The maximum atomic E-state index is 14.8. The number of hydrogen-bond donors (Lipinski definition) is 1. The highest BCUT2D eigenvalue weighted by Crippen LogP contribution is 2.33. The van der Waals surface area contributed by atoms with Crippen LogP contribution in [0, 0.1) is 0 Å². The molecule has 1 N–H and O–H groups in total. The Balaban J connectivity index is 1.51. The molecular formula is C22H31FN6O2. The summed E-state index contributed by atoms with van der Waals surface area (Å²) in [7, 11) is 3.89. The van der Waals surface area contributed by atoms with E-state index in [1.165, 1.54) is 6.33 Å². The highest BCUT2D eigenvalue weighted by atomic mass is 19.1. The summed E-state index contributed by atoms with van der Waals surface area (Å²) in [4.78, 5) is 20.7. The molecular weight excluding hydrogens is 399 g/mol. The topological polar surface area (TPSA) is 75.0 Å². The molecule has 9 heteroatoms. The van der Waals surface area contributed by atoms with Crippen LogP contribution in [-0.2, 0) is 9.53 Å². The fourth-order valence-corrected chi connectivity index (χ4v) is 4.33. The molecule has 2 fully saturated rings. The molecule has 168 valence electrons. The van der Waals surface area contributed by atoms with Crippen LogP contribution in [0.3, 0.4) is 0 Å². The third-order valence-electron chi connectivity index (χ3n) is 6.04. The Labute approximate surface area is 182 Å². The number of anilines is 1. The summed E-state index contributed by atoms with van der Waals surface area (Å²) in [5.74, 6) is 0.906. The van der Waals surface area contributed by atoms with Gasteiger partial charge in [-0.05, 0) is 50.9 Å². The highest BCUT2D eigenvalue weighted by molar-refractivity contribution is 5.87. The maximum absolute atomic E-state index is 14.8. The fourth-order valence-electron chi connectivity index (χ4n) is 4.33. The zero-order valence-electron chi connectivity index (χ0n) is 18.2. The predicted molar refractivity (Wildman–Crippen MR) is 117 cm³/mol. The number of likely N-dealkylation sites (N-methyl/N-ethyl adjacent to an activating group) is 1. The number of ether oxygens (including phenoxy) is 1. The average Bonchev–Trinajstić information content (AvgIpc) is 3.21. The Bertz CT molecular complexity index is 924. The first-order chi connectivity index (χ1) is 15.0. The number of hydrogen-bond acceptors (Lipinski definition) is 6. The van der Waals surface area contributed by atoms with Crippen LogP contribution in [0.25, 0.3) is 5.52 Å². The van der Waals surface area contributed by atoms with Crippen LogP contribution < -0.4 is 5.32 Å². The van der Waals surface area contributed by atoms with E-state index in [0.29, 0.717) is 37.8 Å². The summed E-state index contributed by atoms with van der Waals surface area (Å²) in [6, 6.07) is 1.56. The molecule has 2 aliphatic heterocycles. The Morgan fingerprint density at radius 1 is 1.35 bits per heavy atom. The Hall–Kier alpha value is -2.52. The number of aromatic nitrogens is 3. The highest BCUT2D eigenvalue weighted by Gasteiger charge is 2.32. The van der Waals surface area contributed by atoms with E-state index in [1.807, 2.05) is 31.3 Å². The second-order valence-corrected chi connectivity index (χ2v) is 8.56. The summed E-state index contributed by atoms with van der Waals surface area (Å²) >= 11 is 0. The van der Waals surface area contributed by atoms with Gasteiger partial charge >= 0.3 is 0 Å². The molecule has 1 amide bonds. The van der Waals surface area contributed by atoms with E-state index in [2.05, 4.69) is 21.5 Å². The third-order valence-corrected chi connectivity index (χ3v) is 6.04. The summed E-state index contributed by atoms with van der Waals surface area (Å²) in [6.45, 7) is 2.89. The minimum Gasteiger partial charge on any atom is -0.381 e. The van der Waals surface area contributed by atoms with Crippen molar-refractivity contribution in [2.45, 2.75) is 37.4 Å². The first-order valence-corrected chi connectivity index (χ1v) is 10.9. The van der Waals surface area contributed by atoms with Gasteiger partial charge in [-0.1, -0.05) is 6.08 Å². The minimum absolute atomic E-state index is 0.0843. The molecule has 4 heterocycles. The molecule has 2 aromatic rings. The number of halogens is 1. The number of carbonyl (C=O) groups is 1. The van der Waals surface area contributed by atoms with Gasteiger partial charge in [0, 0.05) is 45.1 Å². The normalized spacial score (nSPS) is 23.2. The monoisotopic (exact) mass is 430 g/mol. The quantitative estimate of drug-likeness (QED) is 0.708. The molecule has 0 radical (unpaired) electrons. The molecule has 31 heavy (non-hydrogen) atoms. The number of carbonyl (C=O) groups excluding carboxylic acids is 1. The summed E-state index contributed by atoms with van der Waals surface area (Å²) in [5, 5.41) is 7.62. The van der Waals surface area contributed by atoms with Gasteiger partial charge < -0.3 is 19.9 Å². The molecule has 0 saturated carbocycles.